The second-order valence-electron chi connectivity index (χ2n) is 2.20. The van der Waals surface area contributed by atoms with E-state index in [0.29, 0.717) is 11.4 Å². The van der Waals surface area contributed by atoms with Gasteiger partial charge in [0, 0.05) is 6.20 Å². The number of nitrogens with zero attached hydrogens (tertiary/aromatic N) is 1. The van der Waals surface area contributed by atoms with Gasteiger partial charge >= 0.3 is 5.97 Å². The quantitative estimate of drug-likeness (QED) is 0.692. The number of aryl methyl sites for hydroxylation is 1. The molecule has 66 valence electrons. The van der Waals surface area contributed by atoms with Crippen LogP contribution in [0.5, 0.6) is 0 Å². The standard InChI is InChI=1S/C7H8N2O2.ClH/c1-4-6(8)2-5(3-9-4)7(10)11;/h2-3H,8H2,1H3,(H,10,11);1H. The summed E-state index contributed by atoms with van der Waals surface area (Å²) >= 11 is 0. The molecule has 1 aromatic heterocycles. The molecule has 0 aliphatic carbocycles. The van der Waals surface area contributed by atoms with Crippen molar-refractivity contribution in [3.63, 3.8) is 0 Å². The van der Waals surface area contributed by atoms with Gasteiger partial charge in [0.25, 0.3) is 0 Å². The van der Waals surface area contributed by atoms with Crippen molar-refractivity contribution in [3.05, 3.63) is 23.5 Å². The lowest BCUT2D eigenvalue weighted by atomic mass is 10.2. The summed E-state index contributed by atoms with van der Waals surface area (Å²) in [6.07, 6.45) is 1.29. The maximum absolute atomic E-state index is 10.4. The molecule has 12 heavy (non-hydrogen) atoms. The van der Waals surface area contributed by atoms with Crippen molar-refractivity contribution >= 4 is 24.1 Å². The van der Waals surface area contributed by atoms with Crippen LogP contribution in [0.2, 0.25) is 0 Å². The van der Waals surface area contributed by atoms with Crippen LogP contribution in [0.4, 0.5) is 5.69 Å². The van der Waals surface area contributed by atoms with Gasteiger partial charge in [-0.2, -0.15) is 0 Å². The predicted octanol–water partition coefficient (Wildman–Crippen LogP) is 1.09. The fourth-order valence-electron chi connectivity index (χ4n) is 0.667. The number of pyridine rings is 1. The summed E-state index contributed by atoms with van der Waals surface area (Å²) in [6.45, 7) is 1.72. The molecule has 0 amide bonds. The molecule has 0 spiro atoms. The van der Waals surface area contributed by atoms with Gasteiger partial charge in [-0.3, -0.25) is 4.98 Å². The molecule has 0 bridgehead atoms. The molecular formula is C7H9ClN2O2. The van der Waals surface area contributed by atoms with Crippen molar-refractivity contribution in [3.8, 4) is 0 Å². The first-order valence-electron chi connectivity index (χ1n) is 3.06. The largest absolute Gasteiger partial charge is 0.478 e. The lowest BCUT2D eigenvalue weighted by Crippen LogP contribution is -2.01. The van der Waals surface area contributed by atoms with Crippen LogP contribution in [0.15, 0.2) is 12.3 Å². The van der Waals surface area contributed by atoms with E-state index in [2.05, 4.69) is 4.98 Å². The van der Waals surface area contributed by atoms with E-state index in [9.17, 15) is 4.79 Å². The Labute approximate surface area is 75.8 Å². The highest BCUT2D eigenvalue weighted by molar-refractivity contribution is 5.88. The number of carbonyl (C=O) groups is 1. The van der Waals surface area contributed by atoms with Crippen LogP contribution in [-0.2, 0) is 0 Å². The van der Waals surface area contributed by atoms with E-state index in [1.807, 2.05) is 0 Å². The summed E-state index contributed by atoms with van der Waals surface area (Å²) < 4.78 is 0. The second-order valence-corrected chi connectivity index (χ2v) is 2.20. The highest BCUT2D eigenvalue weighted by Gasteiger charge is 2.03. The minimum Gasteiger partial charge on any atom is -0.478 e. The zero-order chi connectivity index (χ0) is 8.43. The first-order valence-corrected chi connectivity index (χ1v) is 3.06. The minimum absolute atomic E-state index is 0. The fraction of sp³-hybridized carbons (Fsp3) is 0.143. The monoisotopic (exact) mass is 188 g/mol. The van der Waals surface area contributed by atoms with Crippen LogP contribution < -0.4 is 5.73 Å². The summed E-state index contributed by atoms with van der Waals surface area (Å²) in [5.41, 5.74) is 6.61. The van der Waals surface area contributed by atoms with Gasteiger partial charge < -0.3 is 10.8 Å². The number of anilines is 1. The number of aromatic nitrogens is 1. The third kappa shape index (κ3) is 2.10. The van der Waals surface area contributed by atoms with E-state index >= 15 is 0 Å². The van der Waals surface area contributed by atoms with Crippen molar-refractivity contribution in [1.82, 2.24) is 4.98 Å². The third-order valence-electron chi connectivity index (χ3n) is 1.37. The van der Waals surface area contributed by atoms with Crippen LogP contribution in [0.25, 0.3) is 0 Å². The van der Waals surface area contributed by atoms with Crippen molar-refractivity contribution in [2.75, 3.05) is 5.73 Å². The molecule has 4 nitrogen and oxygen atoms in total. The molecule has 0 atom stereocenters. The van der Waals surface area contributed by atoms with E-state index in [-0.39, 0.29) is 18.0 Å². The average Bonchev–Trinajstić information content (AvgIpc) is 1.94. The minimum atomic E-state index is -1.01. The highest BCUT2D eigenvalue weighted by atomic mass is 35.5. The Morgan fingerprint density at radius 1 is 1.67 bits per heavy atom. The van der Waals surface area contributed by atoms with Crippen LogP contribution in [0.3, 0.4) is 0 Å². The van der Waals surface area contributed by atoms with Gasteiger partial charge in [-0.15, -0.1) is 12.4 Å². The Kier molecular flexibility index (Phi) is 3.50. The molecule has 0 aromatic carbocycles. The van der Waals surface area contributed by atoms with Crippen molar-refractivity contribution in [1.29, 1.82) is 0 Å². The first kappa shape index (κ1) is 10.7. The van der Waals surface area contributed by atoms with Crippen LogP contribution >= 0.6 is 12.4 Å². The van der Waals surface area contributed by atoms with Crippen molar-refractivity contribution < 1.29 is 9.90 Å². The molecule has 0 fully saturated rings. The van der Waals surface area contributed by atoms with Gasteiger partial charge in [0.2, 0.25) is 0 Å². The van der Waals surface area contributed by atoms with Gasteiger partial charge in [-0.1, -0.05) is 0 Å². The number of hydrogen-bond acceptors (Lipinski definition) is 3. The number of nitrogen functional groups attached to an aromatic ring is 1. The van der Waals surface area contributed by atoms with Gasteiger partial charge in [-0.05, 0) is 13.0 Å². The molecule has 0 radical (unpaired) electrons. The first-order chi connectivity index (χ1) is 5.11. The summed E-state index contributed by atoms with van der Waals surface area (Å²) in [6, 6.07) is 1.39. The number of halogens is 1. The molecule has 3 N–H and O–H groups in total. The van der Waals surface area contributed by atoms with Gasteiger partial charge in [0.1, 0.15) is 0 Å². The molecule has 5 heteroatoms. The molecule has 1 aromatic rings. The number of carboxylic acids is 1. The number of carboxylic acid groups (broad SMARTS) is 1. The van der Waals surface area contributed by atoms with E-state index in [4.69, 9.17) is 10.8 Å². The normalized spacial score (nSPS) is 8.75. The zero-order valence-corrected chi connectivity index (χ0v) is 7.26. The molecule has 1 rings (SSSR count). The average molecular weight is 189 g/mol. The van der Waals surface area contributed by atoms with E-state index in [0.717, 1.165) is 0 Å². The third-order valence-corrected chi connectivity index (χ3v) is 1.37. The van der Waals surface area contributed by atoms with Crippen molar-refractivity contribution in [2.45, 2.75) is 6.92 Å². The van der Waals surface area contributed by atoms with E-state index in [1.54, 1.807) is 6.92 Å². The Bertz CT molecular complexity index is 301. The molecule has 0 saturated heterocycles. The van der Waals surface area contributed by atoms with Crippen LogP contribution in [-0.4, -0.2) is 16.1 Å². The number of nitrogens with two attached hydrogens (primary N) is 1. The number of rotatable bonds is 1. The topological polar surface area (TPSA) is 76.2 Å². The van der Waals surface area contributed by atoms with Gasteiger partial charge in [0.15, 0.2) is 0 Å². The molecule has 0 saturated carbocycles. The molecule has 1 heterocycles. The smallest absolute Gasteiger partial charge is 0.337 e. The maximum Gasteiger partial charge on any atom is 0.337 e. The van der Waals surface area contributed by atoms with Crippen molar-refractivity contribution in [2.24, 2.45) is 0 Å². The van der Waals surface area contributed by atoms with Gasteiger partial charge in [-0.25, -0.2) is 4.79 Å². The lowest BCUT2D eigenvalue weighted by Gasteiger charge is -1.98. The van der Waals surface area contributed by atoms with Crippen LogP contribution in [0.1, 0.15) is 16.1 Å². The maximum atomic E-state index is 10.4. The Hall–Kier alpha value is -1.29. The second kappa shape index (κ2) is 3.92. The summed E-state index contributed by atoms with van der Waals surface area (Å²) in [5.74, 6) is -1.01. The lowest BCUT2D eigenvalue weighted by molar-refractivity contribution is 0.0696. The zero-order valence-electron chi connectivity index (χ0n) is 6.44. The Morgan fingerprint density at radius 3 is 2.67 bits per heavy atom. The van der Waals surface area contributed by atoms with Crippen LogP contribution in [0, 0.1) is 6.92 Å². The summed E-state index contributed by atoms with van der Waals surface area (Å²) in [5, 5.41) is 8.50. The Balaban J connectivity index is 0.00000121. The number of aromatic carboxylic acids is 1. The van der Waals surface area contributed by atoms with Gasteiger partial charge in [0.05, 0.1) is 16.9 Å². The van der Waals surface area contributed by atoms with E-state index < -0.39 is 5.97 Å². The number of hydrogen-bond donors (Lipinski definition) is 2. The molecule has 0 aliphatic rings. The molecule has 0 unspecified atom stereocenters. The highest BCUT2D eigenvalue weighted by Crippen LogP contribution is 2.08. The SMILES string of the molecule is Cc1ncc(C(=O)O)cc1N.Cl. The molecular weight excluding hydrogens is 180 g/mol. The Morgan fingerprint density at radius 2 is 2.25 bits per heavy atom. The summed E-state index contributed by atoms with van der Waals surface area (Å²) in [4.78, 5) is 14.2. The predicted molar refractivity (Wildman–Crippen MR) is 47.6 cm³/mol. The van der Waals surface area contributed by atoms with E-state index in [1.165, 1.54) is 12.3 Å². The fourth-order valence-corrected chi connectivity index (χ4v) is 0.667. The molecule has 0 aliphatic heterocycles. The summed E-state index contributed by atoms with van der Waals surface area (Å²) in [7, 11) is 0.